The Hall–Kier alpha value is -3.68. The number of methoxy groups -OCH3 is 1. The molecule has 8 nitrogen and oxygen atoms in total. The average Bonchev–Trinajstić information content (AvgIpc) is 3.26. The van der Waals surface area contributed by atoms with Gasteiger partial charge in [0.1, 0.15) is 11.6 Å². The number of nitrogens with zero attached hydrogens (tertiary/aromatic N) is 2. The normalized spacial score (nSPS) is 11.1. The summed E-state index contributed by atoms with van der Waals surface area (Å²) in [6.45, 7) is 6.85. The van der Waals surface area contributed by atoms with Crippen LogP contribution in [0.3, 0.4) is 0 Å². The predicted octanol–water partition coefficient (Wildman–Crippen LogP) is 3.21. The first-order chi connectivity index (χ1) is 15.3. The number of aromatic amines is 1. The van der Waals surface area contributed by atoms with E-state index in [2.05, 4.69) is 46.6 Å². The molecule has 2 aromatic carbocycles. The van der Waals surface area contributed by atoms with E-state index >= 15 is 0 Å². The fourth-order valence-electron chi connectivity index (χ4n) is 3.03. The van der Waals surface area contributed by atoms with Crippen LogP contribution in [0.4, 0.5) is 0 Å². The molecule has 3 rings (SSSR count). The van der Waals surface area contributed by atoms with Crippen LogP contribution in [-0.2, 0) is 16.8 Å². The lowest BCUT2D eigenvalue weighted by atomic mass is 9.87. The van der Waals surface area contributed by atoms with Gasteiger partial charge in [-0.2, -0.15) is 5.10 Å². The minimum atomic E-state index is -0.197. The van der Waals surface area contributed by atoms with Gasteiger partial charge in [-0.3, -0.25) is 14.7 Å². The van der Waals surface area contributed by atoms with Crippen molar-refractivity contribution >= 4 is 11.8 Å². The highest BCUT2D eigenvalue weighted by molar-refractivity contribution is 5.94. The van der Waals surface area contributed by atoms with Gasteiger partial charge in [0, 0.05) is 24.1 Å². The maximum Gasteiger partial charge on any atom is 0.251 e. The van der Waals surface area contributed by atoms with E-state index in [4.69, 9.17) is 4.74 Å². The molecule has 0 aliphatic rings. The van der Waals surface area contributed by atoms with Gasteiger partial charge >= 0.3 is 0 Å². The number of benzene rings is 2. The van der Waals surface area contributed by atoms with Crippen LogP contribution in [0.1, 0.15) is 48.9 Å². The summed E-state index contributed by atoms with van der Waals surface area (Å²) in [4.78, 5) is 28.8. The van der Waals surface area contributed by atoms with Crippen molar-refractivity contribution < 1.29 is 14.3 Å². The van der Waals surface area contributed by atoms with Crippen molar-refractivity contribution in [1.82, 2.24) is 25.8 Å². The molecule has 3 aromatic rings. The number of hydrogen-bond donors (Lipinski definition) is 3. The molecule has 0 saturated carbocycles. The van der Waals surface area contributed by atoms with Gasteiger partial charge in [0.15, 0.2) is 5.82 Å². The first-order valence-corrected chi connectivity index (χ1v) is 10.5. The number of amides is 2. The summed E-state index contributed by atoms with van der Waals surface area (Å²) in [6.07, 6.45) is 0.172. The number of aromatic nitrogens is 3. The van der Waals surface area contributed by atoms with Gasteiger partial charge in [-0.05, 0) is 47.4 Å². The Labute approximate surface area is 187 Å². The van der Waals surface area contributed by atoms with Crippen LogP contribution in [0.15, 0.2) is 48.5 Å². The summed E-state index contributed by atoms with van der Waals surface area (Å²) in [6, 6.07) is 14.9. The smallest absolute Gasteiger partial charge is 0.251 e. The van der Waals surface area contributed by atoms with E-state index in [-0.39, 0.29) is 36.7 Å². The van der Waals surface area contributed by atoms with E-state index in [9.17, 15) is 9.59 Å². The van der Waals surface area contributed by atoms with Gasteiger partial charge in [-0.15, -0.1) is 0 Å². The zero-order valence-corrected chi connectivity index (χ0v) is 18.9. The number of hydrogen-bond acceptors (Lipinski definition) is 5. The first-order valence-electron chi connectivity index (χ1n) is 10.5. The number of nitrogens with one attached hydrogen (secondary N) is 3. The summed E-state index contributed by atoms with van der Waals surface area (Å²) in [5.74, 6) is 1.47. The highest BCUT2D eigenvalue weighted by Gasteiger charge is 2.14. The number of rotatable bonds is 8. The molecule has 3 N–H and O–H groups in total. The van der Waals surface area contributed by atoms with Crippen LogP contribution < -0.4 is 15.4 Å². The molecular weight excluding hydrogens is 406 g/mol. The van der Waals surface area contributed by atoms with E-state index in [1.54, 1.807) is 19.2 Å². The number of carbonyl (C=O) groups excluding carboxylic acids is 2. The number of H-pyrrole nitrogens is 1. The fraction of sp³-hybridized carbons (Fsp3) is 0.333. The van der Waals surface area contributed by atoms with Gasteiger partial charge in [0.05, 0.1) is 13.7 Å². The predicted molar refractivity (Wildman–Crippen MR) is 122 cm³/mol. The van der Waals surface area contributed by atoms with Crippen molar-refractivity contribution in [3.63, 3.8) is 0 Å². The molecule has 0 fully saturated rings. The second-order valence-electron chi connectivity index (χ2n) is 8.44. The van der Waals surface area contributed by atoms with E-state index in [0.717, 1.165) is 16.9 Å². The third-order valence-electron chi connectivity index (χ3n) is 4.98. The Morgan fingerprint density at radius 1 is 1.00 bits per heavy atom. The lowest BCUT2D eigenvalue weighted by Crippen LogP contribution is -2.30. The summed E-state index contributed by atoms with van der Waals surface area (Å²) >= 11 is 0. The minimum absolute atomic E-state index is 0.0337. The van der Waals surface area contributed by atoms with Crippen molar-refractivity contribution in [3.05, 3.63) is 65.5 Å². The van der Waals surface area contributed by atoms with E-state index in [0.29, 0.717) is 17.2 Å². The van der Waals surface area contributed by atoms with Crippen LogP contribution in [0, 0.1) is 0 Å². The quantitative estimate of drug-likeness (QED) is 0.503. The third-order valence-corrected chi connectivity index (χ3v) is 4.98. The lowest BCUT2D eigenvalue weighted by molar-refractivity contribution is -0.121. The van der Waals surface area contributed by atoms with E-state index < -0.39 is 0 Å². The minimum Gasteiger partial charge on any atom is -0.497 e. The Morgan fingerprint density at radius 3 is 2.31 bits per heavy atom. The second kappa shape index (κ2) is 10.1. The Bertz CT molecular complexity index is 1050. The Kier molecular flexibility index (Phi) is 7.25. The lowest BCUT2D eigenvalue weighted by Gasteiger charge is -2.19. The summed E-state index contributed by atoms with van der Waals surface area (Å²) in [5, 5.41) is 12.5. The molecule has 0 aliphatic carbocycles. The van der Waals surface area contributed by atoms with Gasteiger partial charge in [0.25, 0.3) is 5.91 Å². The zero-order chi connectivity index (χ0) is 23.1. The third kappa shape index (κ3) is 6.16. The molecule has 0 radical (unpaired) electrons. The molecule has 168 valence electrons. The van der Waals surface area contributed by atoms with Crippen molar-refractivity contribution in [2.75, 3.05) is 13.7 Å². The largest absolute Gasteiger partial charge is 0.497 e. The molecular formula is C24H29N5O3. The topological polar surface area (TPSA) is 109 Å². The Balaban J connectivity index is 1.41. The van der Waals surface area contributed by atoms with Crippen LogP contribution in [-0.4, -0.2) is 40.7 Å². The van der Waals surface area contributed by atoms with Crippen LogP contribution in [0.25, 0.3) is 11.4 Å². The molecule has 1 heterocycles. The van der Waals surface area contributed by atoms with E-state index in [1.165, 1.54) is 0 Å². The monoisotopic (exact) mass is 435 g/mol. The highest BCUT2D eigenvalue weighted by atomic mass is 16.5. The molecule has 0 unspecified atom stereocenters. The molecule has 0 bridgehead atoms. The molecule has 0 aliphatic heterocycles. The van der Waals surface area contributed by atoms with Gasteiger partial charge in [-0.1, -0.05) is 32.9 Å². The molecule has 0 spiro atoms. The van der Waals surface area contributed by atoms with Crippen molar-refractivity contribution in [1.29, 1.82) is 0 Å². The second-order valence-corrected chi connectivity index (χ2v) is 8.44. The SMILES string of the molecule is COc1ccc(-c2n[nH]c(CNC(=O)CCNC(=O)c3ccc(C(C)(C)C)cc3)n2)cc1. The molecule has 1 aromatic heterocycles. The van der Waals surface area contributed by atoms with Gasteiger partial charge in [-0.25, -0.2) is 4.98 Å². The Morgan fingerprint density at radius 2 is 1.69 bits per heavy atom. The first kappa shape index (κ1) is 23.0. The summed E-state index contributed by atoms with van der Waals surface area (Å²) < 4.78 is 5.14. The average molecular weight is 436 g/mol. The van der Waals surface area contributed by atoms with E-state index in [1.807, 2.05) is 36.4 Å². The van der Waals surface area contributed by atoms with Crippen molar-refractivity contribution in [2.45, 2.75) is 39.2 Å². The van der Waals surface area contributed by atoms with Crippen LogP contribution >= 0.6 is 0 Å². The van der Waals surface area contributed by atoms with Crippen molar-refractivity contribution in [3.8, 4) is 17.1 Å². The summed E-state index contributed by atoms with van der Waals surface area (Å²) in [5.41, 5.74) is 2.62. The number of ether oxygens (including phenoxy) is 1. The molecule has 0 atom stereocenters. The van der Waals surface area contributed by atoms with Crippen LogP contribution in [0.5, 0.6) is 5.75 Å². The standard InChI is InChI=1S/C24H29N5O3/c1-24(2,3)18-9-5-17(6-10-18)23(31)25-14-13-21(30)26-15-20-27-22(29-28-20)16-7-11-19(32-4)12-8-16/h5-12H,13-15H2,1-4H3,(H,25,31)(H,26,30)(H,27,28,29). The zero-order valence-electron chi connectivity index (χ0n) is 18.9. The molecule has 32 heavy (non-hydrogen) atoms. The van der Waals surface area contributed by atoms with Crippen molar-refractivity contribution in [2.24, 2.45) is 0 Å². The highest BCUT2D eigenvalue weighted by Crippen LogP contribution is 2.22. The fourth-order valence-corrected chi connectivity index (χ4v) is 3.03. The number of carbonyl (C=O) groups is 2. The van der Waals surface area contributed by atoms with Gasteiger partial charge < -0.3 is 15.4 Å². The summed E-state index contributed by atoms with van der Waals surface area (Å²) in [7, 11) is 1.61. The molecule has 0 saturated heterocycles. The maximum absolute atomic E-state index is 12.3. The maximum atomic E-state index is 12.3. The van der Waals surface area contributed by atoms with Crippen LogP contribution in [0.2, 0.25) is 0 Å². The molecule has 8 heteroatoms. The van der Waals surface area contributed by atoms with Gasteiger partial charge in [0.2, 0.25) is 5.91 Å². The molecule has 2 amide bonds.